The van der Waals surface area contributed by atoms with Crippen LogP contribution in [0.2, 0.25) is 0 Å². The first kappa shape index (κ1) is 22.3. The van der Waals surface area contributed by atoms with Crippen LogP contribution in [0.15, 0.2) is 60.3 Å². The van der Waals surface area contributed by atoms with Crippen LogP contribution in [0.1, 0.15) is 5.56 Å². The number of anilines is 1. The second-order valence-corrected chi connectivity index (χ2v) is 7.42. The SMILES string of the molecule is COc1ccc(-n2nnnc2SCC(=O)Nc2cc(C(F)(F)F)ccc2-n2cncn2)cc1. The second kappa shape index (κ2) is 9.28. The minimum Gasteiger partial charge on any atom is -0.497 e. The van der Waals surface area contributed by atoms with E-state index in [0.29, 0.717) is 16.6 Å². The van der Waals surface area contributed by atoms with E-state index in [2.05, 4.69) is 30.9 Å². The van der Waals surface area contributed by atoms with E-state index in [4.69, 9.17) is 4.74 Å². The molecular weight excluding hydrogens is 461 g/mol. The third-order valence-corrected chi connectivity index (χ3v) is 5.27. The molecule has 0 spiro atoms. The van der Waals surface area contributed by atoms with Gasteiger partial charge in [-0.15, -0.1) is 5.10 Å². The Labute approximate surface area is 188 Å². The summed E-state index contributed by atoms with van der Waals surface area (Å²) in [5.74, 6) is -0.0431. The van der Waals surface area contributed by atoms with Gasteiger partial charge in [0.05, 0.1) is 35.5 Å². The lowest BCUT2D eigenvalue weighted by molar-refractivity contribution is -0.137. The highest BCUT2D eigenvalue weighted by molar-refractivity contribution is 7.99. The quantitative estimate of drug-likeness (QED) is 0.405. The van der Waals surface area contributed by atoms with Crippen molar-refractivity contribution in [2.75, 3.05) is 18.2 Å². The molecule has 33 heavy (non-hydrogen) atoms. The van der Waals surface area contributed by atoms with Crippen LogP contribution in [-0.4, -0.2) is 53.7 Å². The molecule has 0 radical (unpaired) electrons. The van der Waals surface area contributed by atoms with Crippen LogP contribution in [-0.2, 0) is 11.0 Å². The summed E-state index contributed by atoms with van der Waals surface area (Å²) in [5, 5.41) is 18.2. The van der Waals surface area contributed by atoms with Gasteiger partial charge in [0.1, 0.15) is 18.4 Å². The van der Waals surface area contributed by atoms with Gasteiger partial charge in [0.25, 0.3) is 0 Å². The van der Waals surface area contributed by atoms with Crippen LogP contribution in [0, 0.1) is 0 Å². The van der Waals surface area contributed by atoms with E-state index in [1.165, 1.54) is 28.1 Å². The van der Waals surface area contributed by atoms with Crippen molar-refractivity contribution in [1.82, 2.24) is 35.0 Å². The zero-order chi connectivity index (χ0) is 23.4. The van der Waals surface area contributed by atoms with Gasteiger partial charge in [-0.3, -0.25) is 4.79 Å². The van der Waals surface area contributed by atoms with Crippen LogP contribution in [0.4, 0.5) is 18.9 Å². The Morgan fingerprint density at radius 3 is 2.64 bits per heavy atom. The number of methoxy groups -OCH3 is 1. The smallest absolute Gasteiger partial charge is 0.416 e. The number of carbonyl (C=O) groups excluding carboxylic acids is 1. The molecule has 0 aliphatic rings. The summed E-state index contributed by atoms with van der Waals surface area (Å²) in [6.45, 7) is 0. The van der Waals surface area contributed by atoms with Crippen molar-refractivity contribution >= 4 is 23.4 Å². The Hall–Kier alpha value is -3.94. The molecule has 2 aromatic carbocycles. The molecular formula is C19H15F3N8O2S. The minimum absolute atomic E-state index is 0.0596. The Balaban J connectivity index is 1.50. The zero-order valence-corrected chi connectivity index (χ0v) is 17.7. The average Bonchev–Trinajstić information content (AvgIpc) is 3.49. The number of halogens is 3. The minimum atomic E-state index is -4.57. The molecule has 0 unspecified atom stereocenters. The molecule has 14 heteroatoms. The summed E-state index contributed by atoms with van der Waals surface area (Å²) in [4.78, 5) is 16.4. The molecule has 10 nitrogen and oxygen atoms in total. The number of alkyl halides is 3. The maximum atomic E-state index is 13.2. The first-order valence-corrected chi connectivity index (χ1v) is 10.3. The van der Waals surface area contributed by atoms with Gasteiger partial charge in [-0.1, -0.05) is 11.8 Å². The number of hydrogen-bond acceptors (Lipinski definition) is 8. The third-order valence-electron chi connectivity index (χ3n) is 4.35. The number of hydrogen-bond donors (Lipinski definition) is 1. The molecule has 0 saturated heterocycles. The molecule has 2 aromatic heterocycles. The lowest BCUT2D eigenvalue weighted by atomic mass is 10.1. The third kappa shape index (κ3) is 5.11. The van der Waals surface area contributed by atoms with Gasteiger partial charge >= 0.3 is 6.18 Å². The van der Waals surface area contributed by atoms with E-state index in [1.807, 2.05) is 0 Å². The maximum absolute atomic E-state index is 13.2. The normalized spacial score (nSPS) is 11.4. The van der Waals surface area contributed by atoms with Gasteiger partial charge in [0, 0.05) is 0 Å². The van der Waals surface area contributed by atoms with Crippen LogP contribution in [0.25, 0.3) is 11.4 Å². The predicted molar refractivity (Wildman–Crippen MR) is 111 cm³/mol. The van der Waals surface area contributed by atoms with Gasteiger partial charge in [0.2, 0.25) is 11.1 Å². The van der Waals surface area contributed by atoms with E-state index >= 15 is 0 Å². The number of benzene rings is 2. The molecule has 2 heterocycles. The molecule has 1 N–H and O–H groups in total. The molecule has 4 aromatic rings. The number of amides is 1. The lowest BCUT2D eigenvalue weighted by Gasteiger charge is -2.14. The van der Waals surface area contributed by atoms with Crippen molar-refractivity contribution in [1.29, 1.82) is 0 Å². The summed E-state index contributed by atoms with van der Waals surface area (Å²) in [7, 11) is 1.55. The predicted octanol–water partition coefficient (Wildman–Crippen LogP) is 3.00. The largest absolute Gasteiger partial charge is 0.497 e. The molecule has 1 amide bonds. The molecule has 170 valence electrons. The number of ether oxygens (including phenoxy) is 1. The topological polar surface area (TPSA) is 113 Å². The van der Waals surface area contributed by atoms with E-state index in [0.717, 1.165) is 23.9 Å². The second-order valence-electron chi connectivity index (χ2n) is 6.48. The van der Waals surface area contributed by atoms with Gasteiger partial charge in [-0.05, 0) is 52.9 Å². The zero-order valence-electron chi connectivity index (χ0n) is 16.9. The standard InChI is InChI=1S/C19H15F3N8O2S/c1-32-14-5-3-13(4-6-14)30-18(26-27-28-30)33-9-17(31)25-15-8-12(19(20,21)22)2-7-16(15)29-11-23-10-24-29/h2-8,10-11H,9H2,1H3,(H,25,31). The number of nitrogens with zero attached hydrogens (tertiary/aromatic N) is 7. The monoisotopic (exact) mass is 476 g/mol. The first-order chi connectivity index (χ1) is 15.8. The van der Waals surface area contributed by atoms with Crippen LogP contribution < -0.4 is 10.1 Å². The van der Waals surface area contributed by atoms with E-state index in [9.17, 15) is 18.0 Å². The molecule has 0 saturated carbocycles. The van der Waals surface area contributed by atoms with E-state index < -0.39 is 17.6 Å². The summed E-state index contributed by atoms with van der Waals surface area (Å²) < 4.78 is 47.4. The first-order valence-electron chi connectivity index (χ1n) is 9.27. The number of thioether (sulfide) groups is 1. The van der Waals surface area contributed by atoms with Gasteiger partial charge in [0.15, 0.2) is 0 Å². The molecule has 0 aliphatic carbocycles. The highest BCUT2D eigenvalue weighted by atomic mass is 32.2. The Bertz CT molecular complexity index is 1240. The number of aromatic nitrogens is 7. The highest BCUT2D eigenvalue weighted by Gasteiger charge is 2.31. The van der Waals surface area contributed by atoms with Crippen molar-refractivity contribution in [2.45, 2.75) is 11.3 Å². The molecule has 0 atom stereocenters. The van der Waals surface area contributed by atoms with Gasteiger partial charge in [-0.2, -0.15) is 23.0 Å². The summed E-state index contributed by atoms with van der Waals surface area (Å²) in [5.41, 5.74) is -0.0783. The highest BCUT2D eigenvalue weighted by Crippen LogP contribution is 2.33. The van der Waals surface area contributed by atoms with Crippen molar-refractivity contribution in [3.8, 4) is 17.1 Å². The fourth-order valence-electron chi connectivity index (χ4n) is 2.82. The van der Waals surface area contributed by atoms with Crippen molar-refractivity contribution in [3.05, 3.63) is 60.7 Å². The average molecular weight is 476 g/mol. The Kier molecular flexibility index (Phi) is 6.26. The van der Waals surface area contributed by atoms with Crippen LogP contribution >= 0.6 is 11.8 Å². The van der Waals surface area contributed by atoms with Crippen LogP contribution in [0.3, 0.4) is 0 Å². The number of carbonyl (C=O) groups is 1. The fourth-order valence-corrected chi connectivity index (χ4v) is 3.51. The fraction of sp³-hybridized carbons (Fsp3) is 0.158. The van der Waals surface area contributed by atoms with E-state index in [1.54, 1.807) is 31.4 Å². The molecule has 4 rings (SSSR count). The van der Waals surface area contributed by atoms with Crippen LogP contribution in [0.5, 0.6) is 5.75 Å². The molecule has 0 aliphatic heterocycles. The number of rotatable bonds is 7. The summed E-state index contributed by atoms with van der Waals surface area (Å²) >= 11 is 1.03. The maximum Gasteiger partial charge on any atom is 0.416 e. The number of tetrazole rings is 1. The molecule has 0 bridgehead atoms. The summed E-state index contributed by atoms with van der Waals surface area (Å²) in [6, 6.07) is 9.92. The number of nitrogens with one attached hydrogen (secondary N) is 1. The lowest BCUT2D eigenvalue weighted by Crippen LogP contribution is -2.17. The van der Waals surface area contributed by atoms with Gasteiger partial charge in [-0.25, -0.2) is 9.67 Å². The Morgan fingerprint density at radius 2 is 1.97 bits per heavy atom. The van der Waals surface area contributed by atoms with Crippen molar-refractivity contribution in [3.63, 3.8) is 0 Å². The van der Waals surface area contributed by atoms with E-state index in [-0.39, 0.29) is 17.1 Å². The molecule has 0 fully saturated rings. The van der Waals surface area contributed by atoms with Gasteiger partial charge < -0.3 is 10.1 Å². The summed E-state index contributed by atoms with van der Waals surface area (Å²) in [6.07, 6.45) is -2.02. The van der Waals surface area contributed by atoms with Crippen molar-refractivity contribution in [2.24, 2.45) is 0 Å². The van der Waals surface area contributed by atoms with Crippen molar-refractivity contribution < 1.29 is 22.7 Å². The Morgan fingerprint density at radius 1 is 1.18 bits per heavy atom.